The predicted molar refractivity (Wildman–Crippen MR) is 85.9 cm³/mol. The van der Waals surface area contributed by atoms with Gasteiger partial charge < -0.3 is 10.4 Å². The Bertz CT molecular complexity index is 525. The van der Waals surface area contributed by atoms with Crippen molar-refractivity contribution < 1.29 is 14.7 Å². The molecule has 0 aromatic heterocycles. The van der Waals surface area contributed by atoms with Gasteiger partial charge in [0.05, 0.1) is 0 Å². The molecule has 0 aliphatic heterocycles. The molecule has 1 aromatic rings. The van der Waals surface area contributed by atoms with Crippen molar-refractivity contribution in [2.75, 3.05) is 6.54 Å². The van der Waals surface area contributed by atoms with Crippen LogP contribution in [0.2, 0.25) is 0 Å². The lowest BCUT2D eigenvalue weighted by atomic mass is 9.89. The zero-order valence-corrected chi connectivity index (χ0v) is 13.1. The summed E-state index contributed by atoms with van der Waals surface area (Å²) < 4.78 is 0. The normalized spacial score (nSPS) is 13.5. The highest BCUT2D eigenvalue weighted by Gasteiger charge is 2.09. The molecule has 2 rings (SSSR count). The van der Waals surface area contributed by atoms with Gasteiger partial charge >= 0.3 is 5.97 Å². The van der Waals surface area contributed by atoms with Gasteiger partial charge in [-0.15, -0.1) is 0 Å². The molecule has 1 aliphatic carbocycles. The fourth-order valence-electron chi connectivity index (χ4n) is 2.95. The highest BCUT2D eigenvalue weighted by Crippen LogP contribution is 2.22. The fourth-order valence-corrected chi connectivity index (χ4v) is 2.95. The molecule has 0 unspecified atom stereocenters. The average molecular weight is 303 g/mol. The molecule has 4 nitrogen and oxygen atoms in total. The Hall–Kier alpha value is -1.84. The van der Waals surface area contributed by atoms with Gasteiger partial charge in [0.15, 0.2) is 0 Å². The number of carboxylic acids is 1. The van der Waals surface area contributed by atoms with Crippen LogP contribution in [0.1, 0.15) is 55.2 Å². The van der Waals surface area contributed by atoms with Crippen molar-refractivity contribution in [1.82, 2.24) is 5.32 Å². The van der Waals surface area contributed by atoms with Crippen LogP contribution in [0.25, 0.3) is 0 Å². The molecule has 0 radical (unpaired) electrons. The van der Waals surface area contributed by atoms with E-state index in [1.807, 2.05) is 0 Å². The number of benzene rings is 1. The molecular weight excluding hydrogens is 278 g/mol. The Morgan fingerprint density at radius 2 is 1.82 bits per heavy atom. The summed E-state index contributed by atoms with van der Waals surface area (Å²) in [5.41, 5.74) is 4.30. The first-order valence-corrected chi connectivity index (χ1v) is 8.24. The minimum absolute atomic E-state index is 0.0170. The summed E-state index contributed by atoms with van der Waals surface area (Å²) in [5, 5.41) is 11.3. The SMILES string of the molecule is O=C(O)CCCNC(=O)CCCc1ccc2c(c1)CCCC2. The second-order valence-corrected chi connectivity index (χ2v) is 6.01. The van der Waals surface area contributed by atoms with E-state index in [4.69, 9.17) is 5.11 Å². The first-order valence-electron chi connectivity index (χ1n) is 8.24. The van der Waals surface area contributed by atoms with Crippen LogP contribution >= 0.6 is 0 Å². The predicted octanol–water partition coefficient (Wildman–Crippen LogP) is 2.87. The lowest BCUT2D eigenvalue weighted by Gasteiger charge is -2.16. The second-order valence-electron chi connectivity index (χ2n) is 6.01. The van der Waals surface area contributed by atoms with Crippen molar-refractivity contribution in [3.63, 3.8) is 0 Å². The van der Waals surface area contributed by atoms with E-state index in [1.54, 1.807) is 0 Å². The van der Waals surface area contributed by atoms with Crippen molar-refractivity contribution >= 4 is 11.9 Å². The van der Waals surface area contributed by atoms with E-state index >= 15 is 0 Å². The molecule has 1 aliphatic rings. The van der Waals surface area contributed by atoms with Crippen molar-refractivity contribution in [1.29, 1.82) is 0 Å². The third-order valence-electron chi connectivity index (χ3n) is 4.17. The van der Waals surface area contributed by atoms with Crippen molar-refractivity contribution in [2.24, 2.45) is 0 Å². The molecule has 0 heterocycles. The van der Waals surface area contributed by atoms with E-state index in [2.05, 4.69) is 23.5 Å². The number of fused-ring (bicyclic) bond motifs is 1. The van der Waals surface area contributed by atoms with E-state index in [9.17, 15) is 9.59 Å². The largest absolute Gasteiger partial charge is 0.481 e. The Morgan fingerprint density at radius 3 is 2.59 bits per heavy atom. The van der Waals surface area contributed by atoms with Gasteiger partial charge in [-0.1, -0.05) is 18.2 Å². The molecule has 0 spiro atoms. The Labute approximate surface area is 131 Å². The maximum atomic E-state index is 11.7. The standard InChI is InChI=1S/C18H25NO3/c20-17(19-12-4-9-18(21)22)8-3-5-14-10-11-15-6-1-2-7-16(15)13-14/h10-11,13H,1-9,12H2,(H,19,20)(H,21,22). The van der Waals surface area contributed by atoms with Gasteiger partial charge in [-0.3, -0.25) is 9.59 Å². The van der Waals surface area contributed by atoms with Gasteiger partial charge in [0.2, 0.25) is 5.91 Å². The van der Waals surface area contributed by atoms with Crippen LogP contribution in [0.5, 0.6) is 0 Å². The maximum Gasteiger partial charge on any atom is 0.303 e. The molecule has 0 saturated carbocycles. The number of hydrogen-bond donors (Lipinski definition) is 2. The number of aryl methyl sites for hydroxylation is 3. The van der Waals surface area contributed by atoms with Crippen LogP contribution in [0.3, 0.4) is 0 Å². The summed E-state index contributed by atoms with van der Waals surface area (Å²) in [4.78, 5) is 22.0. The van der Waals surface area contributed by atoms with Crippen molar-refractivity contribution in [2.45, 2.75) is 57.8 Å². The number of aliphatic carboxylic acids is 1. The molecule has 0 bridgehead atoms. The van der Waals surface area contributed by atoms with Crippen LogP contribution in [0.15, 0.2) is 18.2 Å². The third-order valence-corrected chi connectivity index (χ3v) is 4.17. The first kappa shape index (κ1) is 16.5. The maximum absolute atomic E-state index is 11.7. The number of carbonyl (C=O) groups is 2. The lowest BCUT2D eigenvalue weighted by Crippen LogP contribution is -2.24. The summed E-state index contributed by atoms with van der Waals surface area (Å²) >= 11 is 0. The van der Waals surface area contributed by atoms with E-state index in [0.717, 1.165) is 12.8 Å². The van der Waals surface area contributed by atoms with Crippen LogP contribution in [-0.4, -0.2) is 23.5 Å². The number of carboxylic acid groups (broad SMARTS) is 1. The fraction of sp³-hybridized carbons (Fsp3) is 0.556. The summed E-state index contributed by atoms with van der Waals surface area (Å²) in [6.45, 7) is 0.448. The quantitative estimate of drug-likeness (QED) is 0.726. The monoisotopic (exact) mass is 303 g/mol. The Kier molecular flexibility index (Phi) is 6.44. The van der Waals surface area contributed by atoms with E-state index < -0.39 is 5.97 Å². The molecule has 4 heteroatoms. The van der Waals surface area contributed by atoms with Gasteiger partial charge in [-0.25, -0.2) is 0 Å². The van der Waals surface area contributed by atoms with Crippen LogP contribution < -0.4 is 5.32 Å². The summed E-state index contributed by atoms with van der Waals surface area (Å²) in [7, 11) is 0. The van der Waals surface area contributed by atoms with Gasteiger partial charge in [0, 0.05) is 19.4 Å². The van der Waals surface area contributed by atoms with E-state index in [-0.39, 0.29) is 12.3 Å². The Morgan fingerprint density at radius 1 is 1.05 bits per heavy atom. The third kappa shape index (κ3) is 5.51. The summed E-state index contributed by atoms with van der Waals surface area (Å²) in [6, 6.07) is 6.74. The van der Waals surface area contributed by atoms with Crippen LogP contribution in [0.4, 0.5) is 0 Å². The minimum atomic E-state index is -0.818. The summed E-state index contributed by atoms with van der Waals surface area (Å²) in [5.74, 6) is -0.801. The molecule has 2 N–H and O–H groups in total. The van der Waals surface area contributed by atoms with Gasteiger partial charge in [-0.2, -0.15) is 0 Å². The van der Waals surface area contributed by atoms with Gasteiger partial charge in [0.25, 0.3) is 0 Å². The number of hydrogen-bond acceptors (Lipinski definition) is 2. The van der Waals surface area contributed by atoms with Gasteiger partial charge in [-0.05, 0) is 61.6 Å². The molecule has 0 saturated heterocycles. The van der Waals surface area contributed by atoms with Crippen molar-refractivity contribution in [3.8, 4) is 0 Å². The highest BCUT2D eigenvalue weighted by molar-refractivity contribution is 5.75. The van der Waals surface area contributed by atoms with Crippen LogP contribution in [-0.2, 0) is 28.9 Å². The second kappa shape index (κ2) is 8.57. The molecule has 120 valence electrons. The number of carbonyl (C=O) groups excluding carboxylic acids is 1. The smallest absolute Gasteiger partial charge is 0.303 e. The summed E-state index contributed by atoms with van der Waals surface area (Å²) in [6.07, 6.45) is 7.84. The van der Waals surface area contributed by atoms with E-state index in [1.165, 1.54) is 42.4 Å². The molecule has 22 heavy (non-hydrogen) atoms. The molecule has 0 atom stereocenters. The molecule has 0 fully saturated rings. The topological polar surface area (TPSA) is 66.4 Å². The van der Waals surface area contributed by atoms with Crippen LogP contribution in [0, 0.1) is 0 Å². The highest BCUT2D eigenvalue weighted by atomic mass is 16.4. The Balaban J connectivity index is 1.65. The number of amides is 1. The first-order chi connectivity index (χ1) is 10.6. The average Bonchev–Trinajstić information content (AvgIpc) is 2.51. The van der Waals surface area contributed by atoms with E-state index in [0.29, 0.717) is 19.4 Å². The number of nitrogens with one attached hydrogen (secondary N) is 1. The zero-order valence-electron chi connectivity index (χ0n) is 13.1. The molecule has 1 amide bonds. The van der Waals surface area contributed by atoms with Crippen molar-refractivity contribution in [3.05, 3.63) is 34.9 Å². The minimum Gasteiger partial charge on any atom is -0.481 e. The lowest BCUT2D eigenvalue weighted by molar-refractivity contribution is -0.137. The zero-order chi connectivity index (χ0) is 15.8. The number of rotatable bonds is 8. The molecule has 1 aromatic carbocycles. The van der Waals surface area contributed by atoms with Gasteiger partial charge in [0.1, 0.15) is 0 Å². The molecular formula is C18H25NO3.